The molecule has 0 radical (unpaired) electrons. The summed E-state index contributed by atoms with van der Waals surface area (Å²) in [6.07, 6.45) is 6.92. The van der Waals surface area contributed by atoms with E-state index < -0.39 is 5.97 Å². The SMILES string of the molecule is CC1(C)CCC(CN2CCN(c3ccc(C(=O)O)c(Oc4cc5cc[nH]c5cn4)c3)CC2)=C(c2ccc(Cl)cc2)C1.F. The fourth-order valence-corrected chi connectivity index (χ4v) is 6.09. The minimum atomic E-state index is -1.03. The average molecular weight is 591 g/mol. The number of nitrogens with one attached hydrogen (secondary N) is 1. The highest BCUT2D eigenvalue weighted by molar-refractivity contribution is 6.30. The number of hydrogen-bond acceptors (Lipinski definition) is 5. The van der Waals surface area contributed by atoms with Gasteiger partial charge in [0.1, 0.15) is 11.3 Å². The first-order valence-corrected chi connectivity index (χ1v) is 14.5. The number of aromatic nitrogens is 2. The number of ether oxygens (including phenoxy) is 1. The number of H-pyrrole nitrogens is 1. The predicted molar refractivity (Wildman–Crippen MR) is 167 cm³/mol. The Hall–Kier alpha value is -3.88. The van der Waals surface area contributed by atoms with E-state index in [9.17, 15) is 9.90 Å². The normalized spacial score (nSPS) is 17.3. The van der Waals surface area contributed by atoms with E-state index >= 15 is 0 Å². The van der Waals surface area contributed by atoms with Gasteiger partial charge >= 0.3 is 5.97 Å². The smallest absolute Gasteiger partial charge is 0.339 e. The number of hydrogen-bond donors (Lipinski definition) is 2. The molecule has 1 fully saturated rings. The molecule has 0 atom stereocenters. The minimum Gasteiger partial charge on any atom is -0.478 e. The van der Waals surface area contributed by atoms with Gasteiger partial charge in [0, 0.05) is 67.1 Å². The van der Waals surface area contributed by atoms with Gasteiger partial charge in [0.15, 0.2) is 0 Å². The number of carboxylic acid groups (broad SMARTS) is 1. The highest BCUT2D eigenvalue weighted by Gasteiger charge is 2.29. The first kappa shape index (κ1) is 29.6. The van der Waals surface area contributed by atoms with Crippen LogP contribution in [0, 0.1) is 5.41 Å². The third-order valence-electron chi connectivity index (χ3n) is 8.35. The summed E-state index contributed by atoms with van der Waals surface area (Å²) in [4.78, 5) is 24.2. The number of benzene rings is 2. The van der Waals surface area contributed by atoms with Crippen molar-refractivity contribution in [1.29, 1.82) is 0 Å². The van der Waals surface area contributed by atoms with Gasteiger partial charge in [0.2, 0.25) is 5.88 Å². The summed E-state index contributed by atoms with van der Waals surface area (Å²) in [5.41, 5.74) is 6.55. The lowest BCUT2D eigenvalue weighted by atomic mass is 9.72. The van der Waals surface area contributed by atoms with Gasteiger partial charge in [-0.1, -0.05) is 43.2 Å². The molecule has 2 aliphatic rings. The molecule has 42 heavy (non-hydrogen) atoms. The van der Waals surface area contributed by atoms with Crippen LogP contribution in [0.25, 0.3) is 16.5 Å². The van der Waals surface area contributed by atoms with Gasteiger partial charge < -0.3 is 19.7 Å². The molecule has 7 nitrogen and oxygen atoms in total. The second-order valence-corrected chi connectivity index (χ2v) is 12.3. The first-order valence-electron chi connectivity index (χ1n) is 14.2. The summed E-state index contributed by atoms with van der Waals surface area (Å²) in [6.45, 7) is 9.28. The lowest BCUT2D eigenvalue weighted by Crippen LogP contribution is -2.47. The Bertz CT molecular complexity index is 1610. The highest BCUT2D eigenvalue weighted by Crippen LogP contribution is 2.43. The largest absolute Gasteiger partial charge is 0.478 e. The van der Waals surface area contributed by atoms with Gasteiger partial charge in [-0.05, 0) is 66.1 Å². The molecule has 2 aromatic carbocycles. The van der Waals surface area contributed by atoms with Crippen molar-refractivity contribution in [3.8, 4) is 11.6 Å². The van der Waals surface area contributed by atoms with Crippen molar-refractivity contribution in [3.05, 3.63) is 88.7 Å². The molecule has 0 spiro atoms. The molecule has 0 amide bonds. The maximum absolute atomic E-state index is 12.0. The molecule has 0 bridgehead atoms. The number of pyridine rings is 1. The van der Waals surface area contributed by atoms with E-state index in [1.807, 2.05) is 42.6 Å². The van der Waals surface area contributed by atoms with E-state index in [1.54, 1.807) is 12.3 Å². The second-order valence-electron chi connectivity index (χ2n) is 11.9. The van der Waals surface area contributed by atoms with Crippen molar-refractivity contribution < 1.29 is 19.3 Å². The third-order valence-corrected chi connectivity index (χ3v) is 8.60. The Morgan fingerprint density at radius 3 is 2.57 bits per heavy atom. The van der Waals surface area contributed by atoms with Crippen LogP contribution in [0.2, 0.25) is 5.02 Å². The van der Waals surface area contributed by atoms with Crippen molar-refractivity contribution in [3.63, 3.8) is 0 Å². The van der Waals surface area contributed by atoms with E-state index in [2.05, 4.69) is 45.7 Å². The highest BCUT2D eigenvalue weighted by atomic mass is 35.5. The summed E-state index contributed by atoms with van der Waals surface area (Å²) in [6, 6.07) is 17.4. The molecule has 3 heterocycles. The fraction of sp³-hybridized carbons (Fsp3) is 0.333. The van der Waals surface area contributed by atoms with Crippen LogP contribution in [0.15, 0.2) is 72.6 Å². The van der Waals surface area contributed by atoms with Crippen molar-refractivity contribution in [1.82, 2.24) is 14.9 Å². The average Bonchev–Trinajstić information content (AvgIpc) is 3.43. The molecule has 220 valence electrons. The molecule has 6 rings (SSSR count). The molecule has 0 saturated carbocycles. The van der Waals surface area contributed by atoms with Crippen LogP contribution >= 0.6 is 11.6 Å². The van der Waals surface area contributed by atoms with Crippen molar-refractivity contribution in [2.45, 2.75) is 33.1 Å². The van der Waals surface area contributed by atoms with E-state index in [4.69, 9.17) is 16.3 Å². The number of aromatic amines is 1. The van der Waals surface area contributed by atoms with Gasteiger partial charge in [-0.25, -0.2) is 9.78 Å². The van der Waals surface area contributed by atoms with Crippen LogP contribution in [0.1, 0.15) is 49.0 Å². The number of allylic oxidation sites excluding steroid dienone is 1. The Morgan fingerprint density at radius 1 is 1.07 bits per heavy atom. The van der Waals surface area contributed by atoms with Gasteiger partial charge in [0.25, 0.3) is 0 Å². The standard InChI is InChI=1S/C33H35ClN4O3.FH/c1-33(2)11-9-24(28(19-33)22-3-5-25(34)6-4-22)21-37-13-15-38(16-14-37)26-7-8-27(32(39)40)30(18-26)41-31-17-23-10-12-35-29(23)20-36-31;/h3-8,10,12,17-18,20,35H,9,11,13-16,19,21H2,1-2H3,(H,39,40);1H. The molecule has 9 heteroatoms. The quantitative estimate of drug-likeness (QED) is 0.230. The Morgan fingerprint density at radius 2 is 1.83 bits per heavy atom. The van der Waals surface area contributed by atoms with Crippen molar-refractivity contribution in [2.24, 2.45) is 5.41 Å². The minimum absolute atomic E-state index is 0. The van der Waals surface area contributed by atoms with Crippen LogP contribution in [-0.2, 0) is 0 Å². The van der Waals surface area contributed by atoms with Gasteiger partial charge in [-0.15, -0.1) is 0 Å². The molecular formula is C33H36ClFN4O3. The summed E-state index contributed by atoms with van der Waals surface area (Å²) in [5.74, 6) is -0.371. The number of fused-ring (bicyclic) bond motifs is 1. The van der Waals surface area contributed by atoms with Crippen LogP contribution in [0.4, 0.5) is 10.4 Å². The van der Waals surface area contributed by atoms with Crippen LogP contribution in [-0.4, -0.2) is 58.7 Å². The van der Waals surface area contributed by atoms with Crippen molar-refractivity contribution >= 4 is 39.7 Å². The first-order chi connectivity index (χ1) is 19.7. The number of carbonyl (C=O) groups is 1. The molecule has 1 aliphatic carbocycles. The molecule has 0 unspecified atom stereocenters. The topological polar surface area (TPSA) is 81.7 Å². The molecule has 2 N–H and O–H groups in total. The summed E-state index contributed by atoms with van der Waals surface area (Å²) >= 11 is 6.18. The zero-order valence-electron chi connectivity index (χ0n) is 23.9. The van der Waals surface area contributed by atoms with Crippen LogP contribution in [0.5, 0.6) is 11.6 Å². The Balaban J connectivity index is 0.00000353. The molecule has 2 aromatic heterocycles. The lowest BCUT2D eigenvalue weighted by molar-refractivity contribution is 0.0694. The number of nitrogens with zero attached hydrogens (tertiary/aromatic N) is 3. The van der Waals surface area contributed by atoms with E-state index in [1.165, 1.54) is 23.1 Å². The van der Waals surface area contributed by atoms with Gasteiger partial charge in [-0.3, -0.25) is 9.60 Å². The monoisotopic (exact) mass is 590 g/mol. The Labute approximate surface area is 250 Å². The Kier molecular flexibility index (Phi) is 8.57. The summed E-state index contributed by atoms with van der Waals surface area (Å²) in [7, 11) is 0. The van der Waals surface area contributed by atoms with E-state index in [0.717, 1.165) is 67.2 Å². The van der Waals surface area contributed by atoms with E-state index in [0.29, 0.717) is 17.0 Å². The number of halogens is 2. The third kappa shape index (κ3) is 6.45. The maximum Gasteiger partial charge on any atom is 0.339 e. The molecular weight excluding hydrogens is 555 g/mol. The van der Waals surface area contributed by atoms with Crippen LogP contribution < -0.4 is 9.64 Å². The number of piperazine rings is 1. The molecule has 4 aromatic rings. The van der Waals surface area contributed by atoms with Crippen molar-refractivity contribution in [2.75, 3.05) is 37.6 Å². The number of anilines is 1. The molecule has 1 saturated heterocycles. The zero-order valence-corrected chi connectivity index (χ0v) is 24.7. The summed E-state index contributed by atoms with van der Waals surface area (Å²) in [5, 5.41) is 11.5. The second kappa shape index (κ2) is 12.2. The van der Waals surface area contributed by atoms with Crippen LogP contribution in [0.3, 0.4) is 0 Å². The predicted octanol–water partition coefficient (Wildman–Crippen LogP) is 7.65. The zero-order chi connectivity index (χ0) is 28.6. The number of rotatable bonds is 7. The van der Waals surface area contributed by atoms with Gasteiger partial charge in [0.05, 0.1) is 11.7 Å². The lowest BCUT2D eigenvalue weighted by Gasteiger charge is -2.39. The van der Waals surface area contributed by atoms with Gasteiger partial charge in [-0.2, -0.15) is 0 Å². The fourth-order valence-electron chi connectivity index (χ4n) is 5.97. The number of aromatic carboxylic acids is 1. The summed E-state index contributed by atoms with van der Waals surface area (Å²) < 4.78 is 6.02. The van der Waals surface area contributed by atoms with E-state index in [-0.39, 0.29) is 10.3 Å². The number of carboxylic acids is 1. The molecule has 1 aliphatic heterocycles. The maximum atomic E-state index is 12.0.